The Morgan fingerprint density at radius 1 is 1.33 bits per heavy atom. The number of ketones is 1. The standard InChI is InChI=1S/C13H15NO/c1-3-14-8-7-12-11(9-10(2)15)5-4-6-13(12)14/h4-8H,3,9H2,1-2H3. The molecule has 2 aromatic rings. The molecule has 2 heteroatoms. The average Bonchev–Trinajstić information content (AvgIpc) is 2.61. The van der Waals surface area contributed by atoms with E-state index in [-0.39, 0.29) is 5.78 Å². The van der Waals surface area contributed by atoms with Crippen LogP contribution in [0.25, 0.3) is 10.9 Å². The number of hydrogen-bond acceptors (Lipinski definition) is 1. The third-order valence-electron chi connectivity index (χ3n) is 2.68. The first-order valence-corrected chi connectivity index (χ1v) is 5.28. The molecule has 0 unspecified atom stereocenters. The van der Waals surface area contributed by atoms with Crippen molar-refractivity contribution in [2.45, 2.75) is 26.8 Å². The lowest BCUT2D eigenvalue weighted by molar-refractivity contribution is -0.116. The maximum absolute atomic E-state index is 11.1. The second kappa shape index (κ2) is 3.89. The predicted molar refractivity (Wildman–Crippen MR) is 62.0 cm³/mol. The molecule has 0 atom stereocenters. The third-order valence-corrected chi connectivity index (χ3v) is 2.68. The van der Waals surface area contributed by atoms with Crippen LogP contribution in [0, 0.1) is 0 Å². The number of Topliss-reactive ketones (excluding diaryl/α,β-unsaturated/α-hetero) is 1. The van der Waals surface area contributed by atoms with Gasteiger partial charge in [0.15, 0.2) is 0 Å². The molecule has 1 heterocycles. The number of aryl methyl sites for hydroxylation is 1. The van der Waals surface area contributed by atoms with Crippen molar-refractivity contribution in [3.05, 3.63) is 36.0 Å². The van der Waals surface area contributed by atoms with E-state index in [1.807, 2.05) is 12.1 Å². The highest BCUT2D eigenvalue weighted by atomic mass is 16.1. The minimum atomic E-state index is 0.215. The van der Waals surface area contributed by atoms with Gasteiger partial charge in [-0.3, -0.25) is 4.79 Å². The zero-order chi connectivity index (χ0) is 10.8. The number of carbonyl (C=O) groups is 1. The molecule has 2 rings (SSSR count). The molecular formula is C13H15NO. The zero-order valence-electron chi connectivity index (χ0n) is 9.16. The molecule has 0 N–H and O–H groups in total. The van der Waals surface area contributed by atoms with Crippen molar-refractivity contribution in [3.8, 4) is 0 Å². The van der Waals surface area contributed by atoms with E-state index in [1.54, 1.807) is 6.92 Å². The van der Waals surface area contributed by atoms with E-state index in [1.165, 1.54) is 10.9 Å². The highest BCUT2D eigenvalue weighted by Gasteiger charge is 2.05. The fraction of sp³-hybridized carbons (Fsp3) is 0.308. The summed E-state index contributed by atoms with van der Waals surface area (Å²) < 4.78 is 2.19. The van der Waals surface area contributed by atoms with Gasteiger partial charge in [-0.2, -0.15) is 0 Å². The molecule has 1 aromatic carbocycles. The first-order chi connectivity index (χ1) is 7.22. The predicted octanol–water partition coefficient (Wildman–Crippen LogP) is 2.79. The quantitative estimate of drug-likeness (QED) is 0.748. The molecule has 0 fully saturated rings. The largest absolute Gasteiger partial charge is 0.348 e. The van der Waals surface area contributed by atoms with E-state index >= 15 is 0 Å². The number of hydrogen-bond donors (Lipinski definition) is 0. The molecule has 0 amide bonds. The van der Waals surface area contributed by atoms with Crippen LogP contribution in [0.15, 0.2) is 30.5 Å². The van der Waals surface area contributed by atoms with Crippen LogP contribution in [-0.2, 0) is 17.8 Å². The third kappa shape index (κ3) is 1.80. The van der Waals surface area contributed by atoms with Crippen LogP contribution < -0.4 is 0 Å². The maximum atomic E-state index is 11.1. The van der Waals surface area contributed by atoms with Gasteiger partial charge in [0.05, 0.1) is 0 Å². The number of nitrogens with zero attached hydrogens (tertiary/aromatic N) is 1. The number of aromatic nitrogens is 1. The molecule has 15 heavy (non-hydrogen) atoms. The number of benzene rings is 1. The summed E-state index contributed by atoms with van der Waals surface area (Å²) in [6.45, 7) is 4.72. The van der Waals surface area contributed by atoms with E-state index in [4.69, 9.17) is 0 Å². The summed E-state index contributed by atoms with van der Waals surface area (Å²) in [5, 5.41) is 1.20. The fourth-order valence-corrected chi connectivity index (χ4v) is 1.99. The maximum Gasteiger partial charge on any atom is 0.134 e. The van der Waals surface area contributed by atoms with E-state index in [9.17, 15) is 4.79 Å². The molecule has 0 bridgehead atoms. The SMILES string of the molecule is CCn1ccc2c(CC(C)=O)cccc21. The van der Waals surface area contributed by atoms with Crippen molar-refractivity contribution in [1.82, 2.24) is 4.57 Å². The normalized spacial score (nSPS) is 10.8. The number of fused-ring (bicyclic) bond motifs is 1. The van der Waals surface area contributed by atoms with Crippen LogP contribution >= 0.6 is 0 Å². The Kier molecular flexibility index (Phi) is 2.58. The molecule has 0 aliphatic carbocycles. The molecule has 0 saturated carbocycles. The van der Waals surface area contributed by atoms with Crippen molar-refractivity contribution in [2.75, 3.05) is 0 Å². The van der Waals surface area contributed by atoms with Crippen LogP contribution in [0.3, 0.4) is 0 Å². The lowest BCUT2D eigenvalue weighted by Gasteiger charge is -2.03. The Morgan fingerprint density at radius 2 is 2.13 bits per heavy atom. The molecule has 0 aliphatic rings. The highest BCUT2D eigenvalue weighted by Crippen LogP contribution is 2.20. The number of carbonyl (C=O) groups excluding carboxylic acids is 1. The van der Waals surface area contributed by atoms with E-state index in [0.29, 0.717) is 6.42 Å². The van der Waals surface area contributed by atoms with Crippen molar-refractivity contribution in [2.24, 2.45) is 0 Å². The van der Waals surface area contributed by atoms with Gasteiger partial charge in [0, 0.05) is 30.1 Å². The summed E-state index contributed by atoms with van der Waals surface area (Å²) in [5.74, 6) is 0.215. The first-order valence-electron chi connectivity index (χ1n) is 5.28. The molecular weight excluding hydrogens is 186 g/mol. The van der Waals surface area contributed by atoms with E-state index in [0.717, 1.165) is 12.1 Å². The fourth-order valence-electron chi connectivity index (χ4n) is 1.99. The molecule has 78 valence electrons. The summed E-state index contributed by atoms with van der Waals surface area (Å²) in [5.41, 5.74) is 2.35. The molecule has 0 aliphatic heterocycles. The van der Waals surface area contributed by atoms with Crippen LogP contribution in [0.2, 0.25) is 0 Å². The Hall–Kier alpha value is -1.57. The number of rotatable bonds is 3. The average molecular weight is 201 g/mol. The summed E-state index contributed by atoms with van der Waals surface area (Å²) in [7, 11) is 0. The van der Waals surface area contributed by atoms with Crippen molar-refractivity contribution in [3.63, 3.8) is 0 Å². The van der Waals surface area contributed by atoms with Crippen molar-refractivity contribution < 1.29 is 4.79 Å². The highest BCUT2D eigenvalue weighted by molar-refractivity contribution is 5.88. The van der Waals surface area contributed by atoms with Gasteiger partial charge in [-0.15, -0.1) is 0 Å². The first kappa shape index (κ1) is 9.97. The van der Waals surface area contributed by atoms with Gasteiger partial charge in [0.25, 0.3) is 0 Å². The molecule has 0 spiro atoms. The molecule has 0 saturated heterocycles. The van der Waals surface area contributed by atoms with Gasteiger partial charge in [0.2, 0.25) is 0 Å². The van der Waals surface area contributed by atoms with Gasteiger partial charge in [-0.1, -0.05) is 12.1 Å². The minimum Gasteiger partial charge on any atom is -0.348 e. The monoisotopic (exact) mass is 201 g/mol. The summed E-state index contributed by atoms with van der Waals surface area (Å²) >= 11 is 0. The van der Waals surface area contributed by atoms with Gasteiger partial charge in [-0.25, -0.2) is 0 Å². The Morgan fingerprint density at radius 3 is 2.80 bits per heavy atom. The van der Waals surface area contributed by atoms with E-state index < -0.39 is 0 Å². The summed E-state index contributed by atoms with van der Waals surface area (Å²) in [4.78, 5) is 11.1. The van der Waals surface area contributed by atoms with Gasteiger partial charge >= 0.3 is 0 Å². The second-order valence-electron chi connectivity index (χ2n) is 3.83. The molecule has 0 radical (unpaired) electrons. The summed E-state index contributed by atoms with van der Waals surface area (Å²) in [6, 6.07) is 8.25. The van der Waals surface area contributed by atoms with Crippen LogP contribution in [-0.4, -0.2) is 10.4 Å². The molecule has 2 nitrogen and oxygen atoms in total. The van der Waals surface area contributed by atoms with Crippen LogP contribution in [0.1, 0.15) is 19.4 Å². The lowest BCUT2D eigenvalue weighted by Crippen LogP contribution is -1.97. The topological polar surface area (TPSA) is 22.0 Å². The minimum absolute atomic E-state index is 0.215. The van der Waals surface area contributed by atoms with Crippen molar-refractivity contribution >= 4 is 16.7 Å². The van der Waals surface area contributed by atoms with Crippen LogP contribution in [0.4, 0.5) is 0 Å². The van der Waals surface area contributed by atoms with Gasteiger partial charge in [-0.05, 0) is 31.5 Å². The van der Waals surface area contributed by atoms with E-state index in [2.05, 4.69) is 29.8 Å². The van der Waals surface area contributed by atoms with Gasteiger partial charge < -0.3 is 4.57 Å². The Balaban J connectivity index is 2.56. The zero-order valence-corrected chi connectivity index (χ0v) is 9.16. The second-order valence-corrected chi connectivity index (χ2v) is 3.83. The Labute approximate surface area is 89.5 Å². The molecule has 1 aromatic heterocycles. The lowest BCUT2D eigenvalue weighted by atomic mass is 10.1. The van der Waals surface area contributed by atoms with Crippen molar-refractivity contribution in [1.29, 1.82) is 0 Å². The Bertz CT molecular complexity index is 496. The van der Waals surface area contributed by atoms with Crippen LogP contribution in [0.5, 0.6) is 0 Å². The van der Waals surface area contributed by atoms with Gasteiger partial charge in [0.1, 0.15) is 5.78 Å². The summed E-state index contributed by atoms with van der Waals surface area (Å²) in [6.07, 6.45) is 2.61. The smallest absolute Gasteiger partial charge is 0.134 e.